The molecule has 1 saturated carbocycles. The van der Waals surface area contributed by atoms with Crippen LogP contribution in [0.5, 0.6) is 0 Å². The van der Waals surface area contributed by atoms with Gasteiger partial charge >= 0.3 is 0 Å². The number of rotatable bonds is 2. The van der Waals surface area contributed by atoms with Gasteiger partial charge in [-0.1, -0.05) is 12.5 Å². The van der Waals surface area contributed by atoms with Gasteiger partial charge in [-0.3, -0.25) is 4.79 Å². The minimum atomic E-state index is -0.465. The standard InChI is InChI=1S/C14H17N3O2/c15-13(19)10-5-2-6-11-12(10)17-14(16-11)8-3-1-4-9(18)7-8/h2,5-6,8-9,18H,1,3-4,7H2,(H2,15,19)(H,16,17). The molecular weight excluding hydrogens is 242 g/mol. The quantitative estimate of drug-likeness (QED) is 0.766. The fraction of sp³-hybridized carbons (Fsp3) is 0.429. The first-order valence-electron chi connectivity index (χ1n) is 6.61. The molecule has 5 nitrogen and oxygen atoms in total. The molecule has 1 amide bonds. The Labute approximate surface area is 110 Å². The number of nitrogens with one attached hydrogen (secondary N) is 1. The van der Waals surface area contributed by atoms with Gasteiger partial charge in [0.1, 0.15) is 11.3 Å². The van der Waals surface area contributed by atoms with E-state index >= 15 is 0 Å². The fourth-order valence-electron chi connectivity index (χ4n) is 2.86. The summed E-state index contributed by atoms with van der Waals surface area (Å²) in [5.74, 6) is 0.617. The fourth-order valence-corrected chi connectivity index (χ4v) is 2.86. The Morgan fingerprint density at radius 1 is 1.42 bits per heavy atom. The molecule has 1 aliphatic carbocycles. The Morgan fingerprint density at radius 3 is 3.00 bits per heavy atom. The van der Waals surface area contributed by atoms with Crippen molar-refractivity contribution in [2.75, 3.05) is 0 Å². The predicted molar refractivity (Wildman–Crippen MR) is 71.8 cm³/mol. The summed E-state index contributed by atoms with van der Waals surface area (Å²) in [7, 11) is 0. The highest BCUT2D eigenvalue weighted by Gasteiger charge is 2.24. The van der Waals surface area contributed by atoms with Crippen LogP contribution in [0.4, 0.5) is 0 Å². The maximum atomic E-state index is 11.4. The van der Waals surface area contributed by atoms with Gasteiger partial charge in [0.15, 0.2) is 0 Å². The van der Waals surface area contributed by atoms with Gasteiger partial charge in [0.25, 0.3) is 5.91 Å². The number of hydrogen-bond donors (Lipinski definition) is 3. The number of fused-ring (bicyclic) bond motifs is 1. The Morgan fingerprint density at radius 2 is 2.26 bits per heavy atom. The third-order valence-electron chi connectivity index (χ3n) is 3.83. The normalized spacial score (nSPS) is 23.6. The van der Waals surface area contributed by atoms with Crippen molar-refractivity contribution in [2.24, 2.45) is 5.73 Å². The number of carbonyl (C=O) groups is 1. The number of nitrogens with zero attached hydrogens (tertiary/aromatic N) is 1. The van der Waals surface area contributed by atoms with Crippen LogP contribution in [0.25, 0.3) is 11.0 Å². The molecule has 19 heavy (non-hydrogen) atoms. The number of para-hydroxylation sites is 1. The molecule has 0 spiro atoms. The lowest BCUT2D eigenvalue weighted by Gasteiger charge is -2.24. The summed E-state index contributed by atoms with van der Waals surface area (Å²) in [5, 5.41) is 9.74. The van der Waals surface area contributed by atoms with E-state index in [2.05, 4.69) is 9.97 Å². The van der Waals surface area contributed by atoms with Crippen LogP contribution in [0.3, 0.4) is 0 Å². The number of aromatic nitrogens is 2. The molecule has 0 bridgehead atoms. The van der Waals surface area contributed by atoms with Crippen LogP contribution >= 0.6 is 0 Å². The minimum absolute atomic E-state index is 0.233. The largest absolute Gasteiger partial charge is 0.393 e. The van der Waals surface area contributed by atoms with Crippen molar-refractivity contribution in [3.05, 3.63) is 29.6 Å². The van der Waals surface area contributed by atoms with Gasteiger partial charge in [-0.2, -0.15) is 0 Å². The summed E-state index contributed by atoms with van der Waals surface area (Å²) in [6.07, 6.45) is 3.37. The molecule has 2 aromatic rings. The minimum Gasteiger partial charge on any atom is -0.393 e. The van der Waals surface area contributed by atoms with Crippen LogP contribution in [0.1, 0.15) is 47.8 Å². The van der Waals surface area contributed by atoms with Gasteiger partial charge in [-0.05, 0) is 31.4 Å². The number of aliphatic hydroxyl groups excluding tert-OH is 1. The van der Waals surface area contributed by atoms with Crippen molar-refractivity contribution < 1.29 is 9.90 Å². The number of primary amides is 1. The monoisotopic (exact) mass is 259 g/mol. The Balaban J connectivity index is 2.01. The molecule has 2 atom stereocenters. The van der Waals surface area contributed by atoms with E-state index in [1.807, 2.05) is 6.07 Å². The molecule has 1 fully saturated rings. The summed E-state index contributed by atoms with van der Waals surface area (Å²) < 4.78 is 0. The van der Waals surface area contributed by atoms with Crippen LogP contribution < -0.4 is 5.73 Å². The van der Waals surface area contributed by atoms with Crippen molar-refractivity contribution in [1.82, 2.24) is 9.97 Å². The Kier molecular flexibility index (Phi) is 2.98. The lowest BCUT2D eigenvalue weighted by atomic mass is 9.87. The number of aromatic amines is 1. The summed E-state index contributed by atoms with van der Waals surface area (Å²) in [4.78, 5) is 19.2. The second kappa shape index (κ2) is 4.66. The second-order valence-corrected chi connectivity index (χ2v) is 5.21. The number of H-pyrrole nitrogens is 1. The molecule has 1 aromatic carbocycles. The number of nitrogens with two attached hydrogens (primary N) is 1. The third kappa shape index (κ3) is 2.21. The summed E-state index contributed by atoms with van der Waals surface area (Å²) in [5.41, 5.74) is 7.25. The van der Waals surface area contributed by atoms with E-state index in [1.165, 1.54) is 0 Å². The predicted octanol–water partition coefficient (Wildman–Crippen LogP) is 1.68. The van der Waals surface area contributed by atoms with E-state index in [9.17, 15) is 9.90 Å². The van der Waals surface area contributed by atoms with Crippen LogP contribution in [-0.2, 0) is 0 Å². The van der Waals surface area contributed by atoms with Crippen LogP contribution in [0.2, 0.25) is 0 Å². The van der Waals surface area contributed by atoms with Gasteiger partial charge in [-0.15, -0.1) is 0 Å². The summed E-state index contributed by atoms with van der Waals surface area (Å²) in [6, 6.07) is 5.36. The lowest BCUT2D eigenvalue weighted by Crippen LogP contribution is -2.18. The number of hydrogen-bond acceptors (Lipinski definition) is 3. The molecule has 1 aliphatic rings. The highest BCUT2D eigenvalue weighted by Crippen LogP contribution is 2.32. The van der Waals surface area contributed by atoms with E-state index in [1.54, 1.807) is 12.1 Å². The van der Waals surface area contributed by atoms with Crippen LogP contribution in [0.15, 0.2) is 18.2 Å². The summed E-state index contributed by atoms with van der Waals surface area (Å²) in [6.45, 7) is 0. The maximum Gasteiger partial charge on any atom is 0.250 e. The molecule has 1 aromatic heterocycles. The maximum absolute atomic E-state index is 11.4. The van der Waals surface area contributed by atoms with Gasteiger partial charge in [-0.25, -0.2) is 4.98 Å². The average Bonchev–Trinajstić information content (AvgIpc) is 2.82. The van der Waals surface area contributed by atoms with Crippen LogP contribution in [-0.4, -0.2) is 27.1 Å². The van der Waals surface area contributed by atoms with Gasteiger partial charge < -0.3 is 15.8 Å². The zero-order chi connectivity index (χ0) is 13.4. The van der Waals surface area contributed by atoms with Gasteiger partial charge in [0, 0.05) is 5.92 Å². The SMILES string of the molecule is NC(=O)c1cccc2[nH]c(C3CCCC(O)C3)nc12. The smallest absolute Gasteiger partial charge is 0.250 e. The zero-order valence-corrected chi connectivity index (χ0v) is 10.6. The highest BCUT2D eigenvalue weighted by molar-refractivity contribution is 6.04. The Bertz CT molecular complexity index is 620. The molecule has 5 heteroatoms. The molecule has 2 unspecified atom stereocenters. The molecule has 0 aliphatic heterocycles. The topological polar surface area (TPSA) is 92.0 Å². The van der Waals surface area contributed by atoms with E-state index < -0.39 is 5.91 Å². The molecule has 3 rings (SSSR count). The van der Waals surface area contributed by atoms with E-state index in [-0.39, 0.29) is 12.0 Å². The lowest BCUT2D eigenvalue weighted by molar-refractivity contribution is 0.100. The first kappa shape index (κ1) is 12.2. The molecule has 4 N–H and O–H groups in total. The highest BCUT2D eigenvalue weighted by atomic mass is 16.3. The van der Waals surface area contributed by atoms with E-state index in [0.29, 0.717) is 11.1 Å². The first-order chi connectivity index (χ1) is 9.15. The third-order valence-corrected chi connectivity index (χ3v) is 3.83. The van der Waals surface area contributed by atoms with Crippen molar-refractivity contribution in [2.45, 2.75) is 37.7 Å². The van der Waals surface area contributed by atoms with Gasteiger partial charge in [0.2, 0.25) is 0 Å². The van der Waals surface area contributed by atoms with Crippen molar-refractivity contribution in [3.63, 3.8) is 0 Å². The molecule has 1 heterocycles. The Hall–Kier alpha value is -1.88. The first-order valence-corrected chi connectivity index (χ1v) is 6.61. The molecular formula is C14H17N3O2. The number of benzene rings is 1. The molecule has 100 valence electrons. The van der Waals surface area contributed by atoms with E-state index in [4.69, 9.17) is 5.73 Å². The zero-order valence-electron chi connectivity index (χ0n) is 10.6. The molecule has 0 radical (unpaired) electrons. The number of imidazole rings is 1. The van der Waals surface area contributed by atoms with E-state index in [0.717, 1.165) is 37.0 Å². The van der Waals surface area contributed by atoms with Gasteiger partial charge in [0.05, 0.1) is 17.2 Å². The van der Waals surface area contributed by atoms with Crippen molar-refractivity contribution >= 4 is 16.9 Å². The van der Waals surface area contributed by atoms with Crippen molar-refractivity contribution in [3.8, 4) is 0 Å². The number of amides is 1. The number of aliphatic hydroxyl groups is 1. The van der Waals surface area contributed by atoms with Crippen molar-refractivity contribution in [1.29, 1.82) is 0 Å². The number of carbonyl (C=O) groups excluding carboxylic acids is 1. The average molecular weight is 259 g/mol. The second-order valence-electron chi connectivity index (χ2n) is 5.21. The summed E-state index contributed by atoms with van der Waals surface area (Å²) >= 11 is 0. The van der Waals surface area contributed by atoms with Crippen LogP contribution in [0, 0.1) is 0 Å². The molecule has 0 saturated heterocycles.